The summed E-state index contributed by atoms with van der Waals surface area (Å²) in [5, 5.41) is 19.5. The van der Waals surface area contributed by atoms with E-state index < -0.39 is 5.97 Å². The van der Waals surface area contributed by atoms with Crippen LogP contribution in [0.5, 0.6) is 0 Å². The minimum absolute atomic E-state index is 0.00995. The van der Waals surface area contributed by atoms with Gasteiger partial charge in [-0.1, -0.05) is 19.4 Å². The molecule has 3 saturated carbocycles. The van der Waals surface area contributed by atoms with E-state index in [0.29, 0.717) is 24.2 Å². The fourth-order valence-corrected chi connectivity index (χ4v) is 7.66. The van der Waals surface area contributed by atoms with Crippen LogP contribution in [0, 0.1) is 34.5 Å². The lowest BCUT2D eigenvalue weighted by Gasteiger charge is -2.60. The third-order valence-electron chi connectivity index (χ3n) is 9.33. The first-order valence-electron chi connectivity index (χ1n) is 11.3. The van der Waals surface area contributed by atoms with E-state index in [1.165, 1.54) is 0 Å². The third kappa shape index (κ3) is 3.30. The smallest absolute Gasteiger partial charge is 0.303 e. The Kier molecular flexibility index (Phi) is 5.25. The molecule has 4 aliphatic rings. The molecule has 5 heteroatoms. The Bertz CT molecular complexity index is 754. The second-order valence-corrected chi connectivity index (χ2v) is 10.5. The summed E-state index contributed by atoms with van der Waals surface area (Å²) in [4.78, 5) is 35.8. The zero-order valence-corrected chi connectivity index (χ0v) is 17.7. The standard InChI is InChI=1S/C24H34O5/c1-23-10-9-20-18(19(23)6-7-21(23)27)5-3-14-11-17(26)13-15(24(14,20)2)12-16(25)4-8-22(28)29/h13-14,18-21,27H,3-12H2,1-2H3,(H,28,29)/t14?,18-,19-,20+,21?,23-,24+/m0/s1. The summed E-state index contributed by atoms with van der Waals surface area (Å²) in [6.45, 7) is 4.53. The normalized spacial score (nSPS) is 43.8. The second kappa shape index (κ2) is 7.33. The predicted octanol–water partition coefficient (Wildman–Crippen LogP) is 3.93. The first-order valence-corrected chi connectivity index (χ1v) is 11.3. The molecule has 0 bridgehead atoms. The summed E-state index contributed by atoms with van der Waals surface area (Å²) in [7, 11) is 0. The van der Waals surface area contributed by atoms with Crippen molar-refractivity contribution >= 4 is 17.5 Å². The van der Waals surface area contributed by atoms with Crippen molar-refractivity contribution in [2.75, 3.05) is 0 Å². The van der Waals surface area contributed by atoms with Crippen molar-refractivity contribution in [3.8, 4) is 0 Å². The minimum atomic E-state index is -0.958. The summed E-state index contributed by atoms with van der Waals surface area (Å²) in [5.41, 5.74) is 0.798. The highest BCUT2D eigenvalue weighted by Gasteiger charge is 2.60. The van der Waals surface area contributed by atoms with Crippen LogP contribution in [0.3, 0.4) is 0 Å². The van der Waals surface area contributed by atoms with Crippen molar-refractivity contribution in [3.05, 3.63) is 11.6 Å². The molecule has 0 aromatic carbocycles. The van der Waals surface area contributed by atoms with Gasteiger partial charge in [0.15, 0.2) is 5.78 Å². The number of ketones is 2. The monoisotopic (exact) mass is 402 g/mol. The van der Waals surface area contributed by atoms with Gasteiger partial charge in [-0.15, -0.1) is 0 Å². The highest BCUT2D eigenvalue weighted by atomic mass is 16.4. The summed E-state index contributed by atoms with van der Waals surface area (Å²) >= 11 is 0. The topological polar surface area (TPSA) is 91.7 Å². The summed E-state index contributed by atoms with van der Waals surface area (Å²) in [6.07, 6.45) is 8.30. The molecule has 2 N–H and O–H groups in total. The summed E-state index contributed by atoms with van der Waals surface area (Å²) < 4.78 is 0. The van der Waals surface area contributed by atoms with E-state index in [4.69, 9.17) is 5.11 Å². The number of hydrogen-bond acceptors (Lipinski definition) is 4. The first kappa shape index (κ1) is 20.8. The largest absolute Gasteiger partial charge is 0.481 e. The zero-order chi connectivity index (χ0) is 21.0. The number of aliphatic hydroxyl groups is 1. The number of carboxylic acid groups (broad SMARTS) is 1. The highest BCUT2D eigenvalue weighted by molar-refractivity contribution is 5.94. The molecule has 5 nitrogen and oxygen atoms in total. The van der Waals surface area contributed by atoms with Crippen LogP contribution in [0.15, 0.2) is 11.6 Å². The van der Waals surface area contributed by atoms with Gasteiger partial charge in [0.25, 0.3) is 0 Å². The van der Waals surface area contributed by atoms with Crippen molar-refractivity contribution in [2.45, 2.75) is 84.2 Å². The van der Waals surface area contributed by atoms with E-state index in [-0.39, 0.29) is 53.7 Å². The van der Waals surface area contributed by atoms with Crippen LogP contribution in [0.4, 0.5) is 0 Å². The van der Waals surface area contributed by atoms with Crippen LogP contribution in [-0.2, 0) is 14.4 Å². The van der Waals surface area contributed by atoms with Crippen LogP contribution in [-0.4, -0.2) is 33.9 Å². The lowest BCUT2D eigenvalue weighted by molar-refractivity contribution is -0.138. The van der Waals surface area contributed by atoms with Crippen LogP contribution in [0.1, 0.15) is 78.1 Å². The maximum atomic E-state index is 12.5. The van der Waals surface area contributed by atoms with E-state index in [0.717, 1.165) is 44.1 Å². The quantitative estimate of drug-likeness (QED) is 0.727. The lowest BCUT2D eigenvalue weighted by Crippen LogP contribution is -2.54. The van der Waals surface area contributed by atoms with E-state index >= 15 is 0 Å². The fourth-order valence-electron chi connectivity index (χ4n) is 7.66. The fraction of sp³-hybridized carbons (Fsp3) is 0.792. The summed E-state index contributed by atoms with van der Waals surface area (Å²) in [6, 6.07) is 0. The van der Waals surface area contributed by atoms with Gasteiger partial charge in [-0.2, -0.15) is 0 Å². The molecule has 160 valence electrons. The predicted molar refractivity (Wildman–Crippen MR) is 108 cm³/mol. The van der Waals surface area contributed by atoms with E-state index in [1.807, 2.05) is 0 Å². The molecular weight excluding hydrogens is 368 g/mol. The number of rotatable bonds is 5. The number of aliphatic hydroxyl groups excluding tert-OH is 1. The molecule has 0 radical (unpaired) electrons. The van der Waals surface area contributed by atoms with Gasteiger partial charge in [-0.05, 0) is 79.1 Å². The average molecular weight is 403 g/mol. The van der Waals surface area contributed by atoms with Gasteiger partial charge in [0.2, 0.25) is 0 Å². The molecule has 7 atom stereocenters. The van der Waals surface area contributed by atoms with E-state index in [9.17, 15) is 19.5 Å². The number of carbonyl (C=O) groups excluding carboxylic acids is 2. The Morgan fingerprint density at radius 1 is 1.07 bits per heavy atom. The Labute approximate surface area is 172 Å². The van der Waals surface area contributed by atoms with Crippen molar-refractivity contribution in [1.82, 2.24) is 0 Å². The van der Waals surface area contributed by atoms with Gasteiger partial charge in [0.05, 0.1) is 12.5 Å². The maximum absolute atomic E-state index is 12.5. The van der Waals surface area contributed by atoms with Gasteiger partial charge in [-0.3, -0.25) is 14.4 Å². The highest BCUT2D eigenvalue weighted by Crippen LogP contribution is 2.66. The number of carbonyl (C=O) groups is 3. The molecule has 0 saturated heterocycles. The second-order valence-electron chi connectivity index (χ2n) is 10.5. The van der Waals surface area contributed by atoms with Gasteiger partial charge < -0.3 is 10.2 Å². The van der Waals surface area contributed by atoms with Gasteiger partial charge >= 0.3 is 5.97 Å². The Hall–Kier alpha value is -1.49. The van der Waals surface area contributed by atoms with Gasteiger partial charge in [0.1, 0.15) is 5.78 Å². The van der Waals surface area contributed by atoms with Crippen molar-refractivity contribution in [1.29, 1.82) is 0 Å². The van der Waals surface area contributed by atoms with Crippen LogP contribution >= 0.6 is 0 Å². The number of hydrogen-bond donors (Lipinski definition) is 2. The Morgan fingerprint density at radius 2 is 1.83 bits per heavy atom. The summed E-state index contributed by atoms with van der Waals surface area (Å²) in [5.74, 6) is 0.862. The molecule has 4 rings (SSSR count). The number of Topliss-reactive ketones (excluding diaryl/α,β-unsaturated/α-hetero) is 1. The molecule has 4 aliphatic carbocycles. The molecule has 29 heavy (non-hydrogen) atoms. The van der Waals surface area contributed by atoms with Crippen molar-refractivity contribution < 1.29 is 24.6 Å². The van der Waals surface area contributed by atoms with Gasteiger partial charge in [0, 0.05) is 19.3 Å². The van der Waals surface area contributed by atoms with Crippen molar-refractivity contribution in [3.63, 3.8) is 0 Å². The van der Waals surface area contributed by atoms with Crippen LogP contribution < -0.4 is 0 Å². The molecule has 2 unspecified atom stereocenters. The molecule has 3 fully saturated rings. The van der Waals surface area contributed by atoms with Gasteiger partial charge in [-0.25, -0.2) is 0 Å². The molecule has 0 spiro atoms. The molecule has 0 aromatic heterocycles. The van der Waals surface area contributed by atoms with Crippen LogP contribution in [0.2, 0.25) is 0 Å². The molecule has 0 aliphatic heterocycles. The number of allylic oxidation sites excluding steroid dienone is 2. The van der Waals surface area contributed by atoms with E-state index in [2.05, 4.69) is 13.8 Å². The maximum Gasteiger partial charge on any atom is 0.303 e. The third-order valence-corrected chi connectivity index (χ3v) is 9.33. The van der Waals surface area contributed by atoms with E-state index in [1.54, 1.807) is 6.08 Å². The number of carboxylic acids is 1. The van der Waals surface area contributed by atoms with Crippen LogP contribution in [0.25, 0.3) is 0 Å². The molecular formula is C24H34O5. The molecule has 0 aromatic rings. The average Bonchev–Trinajstić information content (AvgIpc) is 2.96. The number of fused-ring (bicyclic) bond motifs is 5. The minimum Gasteiger partial charge on any atom is -0.481 e. The molecule has 0 amide bonds. The van der Waals surface area contributed by atoms with Crippen molar-refractivity contribution in [2.24, 2.45) is 34.5 Å². The number of aliphatic carboxylic acids is 1. The Morgan fingerprint density at radius 3 is 2.55 bits per heavy atom. The zero-order valence-electron chi connectivity index (χ0n) is 17.7. The Balaban J connectivity index is 1.62. The molecule has 0 heterocycles. The first-order chi connectivity index (χ1) is 13.7. The SMILES string of the molecule is C[C@]12C(CC(=O)CCC(=O)O)=CC(=O)CC1CC[C@@H]1[C@H]2CC[C@]2(C)C(O)CC[C@@H]12. The lowest BCUT2D eigenvalue weighted by atomic mass is 9.44.